The van der Waals surface area contributed by atoms with Gasteiger partial charge >= 0.3 is 5.97 Å². The van der Waals surface area contributed by atoms with Crippen molar-refractivity contribution in [3.8, 4) is 0 Å². The van der Waals surface area contributed by atoms with E-state index in [0.717, 1.165) is 12.8 Å². The highest BCUT2D eigenvalue weighted by Gasteiger charge is 2.40. The number of carbonyl (C=O) groups excluding carboxylic acids is 1. The van der Waals surface area contributed by atoms with Crippen LogP contribution in [0.15, 0.2) is 0 Å². The minimum atomic E-state index is -0.305. The maximum atomic E-state index is 10.9. The van der Waals surface area contributed by atoms with Gasteiger partial charge in [-0.25, -0.2) is 0 Å². The fraction of sp³-hybridized carbons (Fsp3) is 0.778. The Morgan fingerprint density at radius 3 is 3.00 bits per heavy atom. The zero-order valence-electron chi connectivity index (χ0n) is 8.16. The molecule has 14 heavy (non-hydrogen) atoms. The van der Waals surface area contributed by atoms with E-state index in [2.05, 4.69) is 5.32 Å². The number of rotatable bonds is 1. The predicted octanol–water partition coefficient (Wildman–Crippen LogP) is 0.966. The molecule has 0 aromatic heterocycles. The third-order valence-electron chi connectivity index (χ3n) is 2.77. The van der Waals surface area contributed by atoms with Crippen molar-refractivity contribution in [1.29, 1.82) is 0 Å². The van der Waals surface area contributed by atoms with Crippen LogP contribution in [0.5, 0.6) is 0 Å². The Balaban J connectivity index is 2.07. The summed E-state index contributed by atoms with van der Waals surface area (Å²) in [5.74, 6) is -0.305. The monoisotopic (exact) mass is 214 g/mol. The zero-order valence-corrected chi connectivity index (χ0v) is 8.97. The van der Waals surface area contributed by atoms with Crippen molar-refractivity contribution in [3.05, 3.63) is 0 Å². The lowest BCUT2D eigenvalue weighted by atomic mass is 9.92. The number of carbonyl (C=O) groups is 1. The van der Waals surface area contributed by atoms with Crippen LogP contribution in [0.2, 0.25) is 0 Å². The Hall–Kier alpha value is -0.840. The number of fused-ring (bicyclic) bond motifs is 1. The van der Waals surface area contributed by atoms with Crippen LogP contribution in [-0.4, -0.2) is 28.2 Å². The van der Waals surface area contributed by atoms with E-state index in [1.54, 1.807) is 5.06 Å². The molecule has 5 heteroatoms. The molecule has 0 aromatic rings. The average Bonchev–Trinajstić information content (AvgIpc) is 2.43. The van der Waals surface area contributed by atoms with Gasteiger partial charge in [0.1, 0.15) is 0 Å². The third-order valence-corrected chi connectivity index (χ3v) is 3.06. The summed E-state index contributed by atoms with van der Waals surface area (Å²) in [5.41, 5.74) is 0. The first kappa shape index (κ1) is 9.71. The zero-order chi connectivity index (χ0) is 10.1. The van der Waals surface area contributed by atoms with Crippen LogP contribution in [-0.2, 0) is 9.63 Å². The molecule has 0 amide bonds. The number of hydrogen-bond donors (Lipinski definition) is 1. The van der Waals surface area contributed by atoms with Gasteiger partial charge < -0.3 is 10.2 Å². The Bertz CT molecular complexity index is 270. The Morgan fingerprint density at radius 2 is 2.29 bits per heavy atom. The molecule has 1 aliphatic heterocycles. The molecule has 1 aliphatic carbocycles. The van der Waals surface area contributed by atoms with Crippen LogP contribution in [0, 0.1) is 0 Å². The lowest BCUT2D eigenvalue weighted by Gasteiger charge is -2.28. The summed E-state index contributed by atoms with van der Waals surface area (Å²) in [7, 11) is 0. The Kier molecular flexibility index (Phi) is 2.58. The van der Waals surface area contributed by atoms with Crippen molar-refractivity contribution in [1.82, 2.24) is 10.4 Å². The first-order valence-electron chi connectivity index (χ1n) is 4.97. The van der Waals surface area contributed by atoms with Gasteiger partial charge in [-0.2, -0.15) is 5.06 Å². The molecule has 0 spiro atoms. The van der Waals surface area contributed by atoms with Gasteiger partial charge in [0.2, 0.25) is 5.11 Å². The molecule has 78 valence electrons. The topological polar surface area (TPSA) is 41.6 Å². The summed E-state index contributed by atoms with van der Waals surface area (Å²) in [6.45, 7) is 1.40. The normalized spacial score (nSPS) is 30.9. The molecule has 1 saturated carbocycles. The smallest absolute Gasteiger partial charge is 0.329 e. The van der Waals surface area contributed by atoms with Crippen LogP contribution in [0.1, 0.15) is 32.6 Å². The van der Waals surface area contributed by atoms with Gasteiger partial charge in [-0.1, -0.05) is 12.8 Å². The maximum absolute atomic E-state index is 10.9. The van der Waals surface area contributed by atoms with E-state index < -0.39 is 0 Å². The third kappa shape index (κ3) is 1.68. The van der Waals surface area contributed by atoms with E-state index in [4.69, 9.17) is 17.1 Å². The van der Waals surface area contributed by atoms with E-state index in [0.29, 0.717) is 11.2 Å². The Morgan fingerprint density at radius 1 is 1.57 bits per heavy atom. The minimum absolute atomic E-state index is 0.250. The highest BCUT2D eigenvalue weighted by molar-refractivity contribution is 7.80. The quantitative estimate of drug-likeness (QED) is 0.659. The van der Waals surface area contributed by atoms with Crippen LogP contribution < -0.4 is 5.32 Å². The molecular formula is C9H14N2O2S. The van der Waals surface area contributed by atoms with Crippen LogP contribution in [0.4, 0.5) is 0 Å². The summed E-state index contributed by atoms with van der Waals surface area (Å²) in [4.78, 5) is 16.0. The van der Waals surface area contributed by atoms with Gasteiger partial charge in [0.05, 0.1) is 12.1 Å². The van der Waals surface area contributed by atoms with Crippen LogP contribution >= 0.6 is 12.2 Å². The maximum Gasteiger partial charge on any atom is 0.329 e. The molecule has 0 unspecified atom stereocenters. The number of nitrogens with zero attached hydrogens (tertiary/aromatic N) is 1. The van der Waals surface area contributed by atoms with E-state index >= 15 is 0 Å². The van der Waals surface area contributed by atoms with Crippen molar-refractivity contribution in [2.75, 3.05) is 0 Å². The first-order valence-corrected chi connectivity index (χ1v) is 5.37. The highest BCUT2D eigenvalue weighted by atomic mass is 32.1. The fourth-order valence-corrected chi connectivity index (χ4v) is 2.50. The second-order valence-electron chi connectivity index (χ2n) is 3.82. The molecule has 0 bridgehead atoms. The summed E-state index contributed by atoms with van der Waals surface area (Å²) in [6.07, 6.45) is 4.57. The molecule has 0 radical (unpaired) electrons. The predicted molar refractivity (Wildman–Crippen MR) is 55.4 cm³/mol. The summed E-state index contributed by atoms with van der Waals surface area (Å²) >= 11 is 5.11. The van der Waals surface area contributed by atoms with Gasteiger partial charge in [0, 0.05) is 6.92 Å². The van der Waals surface area contributed by atoms with E-state index in [-0.39, 0.29) is 12.0 Å². The van der Waals surface area contributed by atoms with Gasteiger partial charge in [0.25, 0.3) is 0 Å². The van der Waals surface area contributed by atoms with Crippen molar-refractivity contribution in [2.24, 2.45) is 0 Å². The summed E-state index contributed by atoms with van der Waals surface area (Å²) < 4.78 is 0. The fourth-order valence-electron chi connectivity index (χ4n) is 2.18. The van der Waals surface area contributed by atoms with Crippen molar-refractivity contribution < 1.29 is 9.63 Å². The molecule has 2 aliphatic rings. The molecule has 0 aromatic carbocycles. The molecule has 1 saturated heterocycles. The van der Waals surface area contributed by atoms with E-state index in [9.17, 15) is 4.79 Å². The number of hydrogen-bond acceptors (Lipinski definition) is 3. The molecule has 2 rings (SSSR count). The number of thiocarbonyl (C=S) groups is 1. The van der Waals surface area contributed by atoms with E-state index in [1.807, 2.05) is 0 Å². The molecule has 2 atom stereocenters. The average molecular weight is 214 g/mol. The summed E-state index contributed by atoms with van der Waals surface area (Å²) in [6, 6.07) is 0.621. The lowest BCUT2D eigenvalue weighted by molar-refractivity contribution is -0.175. The second kappa shape index (κ2) is 3.73. The van der Waals surface area contributed by atoms with Crippen molar-refractivity contribution in [2.45, 2.75) is 44.7 Å². The largest absolute Gasteiger partial charge is 0.355 e. The second-order valence-corrected chi connectivity index (χ2v) is 4.20. The number of hydroxylamine groups is 2. The molecule has 4 nitrogen and oxygen atoms in total. The first-order chi connectivity index (χ1) is 6.68. The highest BCUT2D eigenvalue weighted by Crippen LogP contribution is 2.28. The number of nitrogens with one attached hydrogen (secondary N) is 1. The van der Waals surface area contributed by atoms with Gasteiger partial charge in [-0.05, 0) is 25.1 Å². The minimum Gasteiger partial charge on any atom is -0.355 e. The standard InChI is InChI=1S/C9H14N2O2S/c1-6(12)13-11-8-5-3-2-4-7(8)10-9(11)14/h7-8H,2-5H2,1H3,(H,10,14)/t7-,8-/m1/s1. The van der Waals surface area contributed by atoms with Crippen LogP contribution in [0.3, 0.4) is 0 Å². The van der Waals surface area contributed by atoms with Crippen molar-refractivity contribution in [3.63, 3.8) is 0 Å². The van der Waals surface area contributed by atoms with Gasteiger partial charge in [-0.15, -0.1) is 0 Å². The summed E-state index contributed by atoms with van der Waals surface area (Å²) in [5, 5.41) is 5.32. The Labute approximate surface area is 88.5 Å². The molecule has 2 fully saturated rings. The SMILES string of the molecule is CC(=O)ON1C(=S)N[C@@H]2CCCC[C@H]21. The molecule has 1 heterocycles. The van der Waals surface area contributed by atoms with E-state index in [1.165, 1.54) is 19.8 Å². The lowest BCUT2D eigenvalue weighted by Crippen LogP contribution is -2.39. The molecular weight excluding hydrogens is 200 g/mol. The van der Waals surface area contributed by atoms with Crippen LogP contribution in [0.25, 0.3) is 0 Å². The van der Waals surface area contributed by atoms with Gasteiger partial charge in [-0.3, -0.25) is 4.79 Å². The van der Waals surface area contributed by atoms with Crippen molar-refractivity contribution >= 4 is 23.3 Å². The molecule has 1 N–H and O–H groups in total. The van der Waals surface area contributed by atoms with Gasteiger partial charge in [0.15, 0.2) is 0 Å².